The third-order valence-electron chi connectivity index (χ3n) is 11.4. The lowest BCUT2D eigenvalue weighted by Crippen LogP contribution is -2.37. The summed E-state index contributed by atoms with van der Waals surface area (Å²) in [5.74, 6) is -0.343. The molecule has 0 rings (SSSR count). The molecule has 0 aromatic heterocycles. The first-order valence-electron chi connectivity index (χ1n) is 27.3. The van der Waals surface area contributed by atoms with Gasteiger partial charge in [-0.15, -0.1) is 0 Å². The summed E-state index contributed by atoms with van der Waals surface area (Å²) in [5, 5.41) is 0. The number of rotatable bonds is 50. The lowest BCUT2D eigenvalue weighted by molar-refractivity contribution is -0.870. The Kier molecular flexibility index (Phi) is 48.3. The molecular weight excluding hydrogens is 854 g/mol. The molecule has 67 heavy (non-hydrogen) atoms. The number of carbonyl (C=O) groups excluding carboxylic acids is 1. The molecule has 0 saturated heterocycles. The molecule has 0 amide bonds. The van der Waals surface area contributed by atoms with Crippen molar-refractivity contribution in [2.75, 3.05) is 54.1 Å². The van der Waals surface area contributed by atoms with Crippen LogP contribution in [-0.4, -0.2) is 70.7 Å². The van der Waals surface area contributed by atoms with Gasteiger partial charge in [0.15, 0.2) is 0 Å². The van der Waals surface area contributed by atoms with Gasteiger partial charge in [0, 0.05) is 13.0 Å². The van der Waals surface area contributed by atoms with Gasteiger partial charge in [-0.25, -0.2) is 0 Å². The number of quaternary nitrogens is 1. The summed E-state index contributed by atoms with van der Waals surface area (Å²) in [6.07, 6.45) is 67.5. The predicted octanol–water partition coefficient (Wildman–Crippen LogP) is 16.5. The fourth-order valence-corrected chi connectivity index (χ4v) is 7.98. The maximum atomic E-state index is 12.8. The monoisotopic (exact) mass is 958 g/mol. The molecule has 0 N–H and O–H groups in total. The molecule has 0 aromatic carbocycles. The number of allylic oxidation sites excluding steroid dienone is 14. The van der Waals surface area contributed by atoms with Crippen LogP contribution in [0, 0.1) is 0 Å². The standard InChI is InChI=1S/C58H104NO7P/c1-6-8-10-12-14-16-18-20-22-24-26-28-29-30-31-32-33-35-37-39-41-43-45-47-49-51-58(60)66-57(56-65-67(61,62)64-54-52-59(3,4)5)55-63-53-50-48-46-44-42-40-38-36-34-27-25-23-21-19-17-15-13-11-9-7-2/h8,10,14-17,20-23,26,28,30-31,57H,6-7,9,11-13,18-19,24-25,27,29,32-56H2,1-5H3/b10-8-,16-14-,17-15-,22-20-,23-21-,28-26-,31-30-. The van der Waals surface area contributed by atoms with E-state index in [2.05, 4.69) is 98.9 Å². The van der Waals surface area contributed by atoms with Gasteiger partial charge in [0.25, 0.3) is 7.82 Å². The highest BCUT2D eigenvalue weighted by Crippen LogP contribution is 2.38. The number of hydrogen-bond acceptors (Lipinski definition) is 7. The van der Waals surface area contributed by atoms with Gasteiger partial charge in [-0.3, -0.25) is 9.36 Å². The Hall–Kier alpha value is -2.32. The van der Waals surface area contributed by atoms with E-state index >= 15 is 0 Å². The highest BCUT2D eigenvalue weighted by atomic mass is 31.2. The molecule has 8 nitrogen and oxygen atoms in total. The summed E-state index contributed by atoms with van der Waals surface area (Å²) < 4.78 is 34.8. The number of likely N-dealkylation sites (N-methyl/N-ethyl adjacent to an activating group) is 1. The van der Waals surface area contributed by atoms with E-state index in [1.807, 2.05) is 21.1 Å². The van der Waals surface area contributed by atoms with Crippen LogP contribution in [-0.2, 0) is 27.9 Å². The Balaban J connectivity index is 4.14. The Morgan fingerprint density at radius 3 is 1.30 bits per heavy atom. The molecule has 0 heterocycles. The molecule has 0 bridgehead atoms. The number of ether oxygens (including phenoxy) is 2. The van der Waals surface area contributed by atoms with Gasteiger partial charge in [-0.05, 0) is 89.9 Å². The number of unbranched alkanes of at least 4 members (excludes halogenated alkanes) is 22. The average molecular weight is 958 g/mol. The van der Waals surface area contributed by atoms with Crippen molar-refractivity contribution in [3.63, 3.8) is 0 Å². The first kappa shape index (κ1) is 64.7. The summed E-state index contributed by atoms with van der Waals surface area (Å²) >= 11 is 0. The molecule has 0 radical (unpaired) electrons. The zero-order valence-electron chi connectivity index (χ0n) is 44.1. The van der Waals surface area contributed by atoms with Crippen LogP contribution < -0.4 is 4.89 Å². The zero-order chi connectivity index (χ0) is 49.0. The summed E-state index contributed by atoms with van der Waals surface area (Å²) in [6.45, 7) is 5.27. The van der Waals surface area contributed by atoms with E-state index in [1.54, 1.807) is 0 Å². The number of phosphoric ester groups is 1. The number of esters is 1. The first-order chi connectivity index (χ1) is 32.6. The molecule has 0 aliphatic heterocycles. The van der Waals surface area contributed by atoms with E-state index < -0.39 is 13.9 Å². The topological polar surface area (TPSA) is 94.1 Å². The minimum Gasteiger partial charge on any atom is -0.756 e. The Bertz CT molecular complexity index is 1340. The molecule has 0 aliphatic carbocycles. The van der Waals surface area contributed by atoms with E-state index in [4.69, 9.17) is 18.5 Å². The van der Waals surface area contributed by atoms with E-state index in [1.165, 1.54) is 122 Å². The zero-order valence-corrected chi connectivity index (χ0v) is 45.0. The smallest absolute Gasteiger partial charge is 0.306 e. The van der Waals surface area contributed by atoms with Gasteiger partial charge in [0.2, 0.25) is 0 Å². The van der Waals surface area contributed by atoms with E-state index in [9.17, 15) is 14.3 Å². The molecule has 0 aromatic rings. The maximum absolute atomic E-state index is 12.8. The predicted molar refractivity (Wildman–Crippen MR) is 286 cm³/mol. The molecule has 2 atom stereocenters. The van der Waals surface area contributed by atoms with Gasteiger partial charge < -0.3 is 27.9 Å². The highest BCUT2D eigenvalue weighted by Gasteiger charge is 2.20. The molecule has 9 heteroatoms. The van der Waals surface area contributed by atoms with Gasteiger partial charge in [-0.1, -0.05) is 208 Å². The van der Waals surface area contributed by atoms with Crippen LogP contribution in [0.1, 0.15) is 219 Å². The highest BCUT2D eigenvalue weighted by molar-refractivity contribution is 7.45. The number of phosphoric acid groups is 1. The Morgan fingerprint density at radius 1 is 0.478 bits per heavy atom. The van der Waals surface area contributed by atoms with Crippen LogP contribution in [0.25, 0.3) is 0 Å². The Labute approximate surface area is 414 Å². The van der Waals surface area contributed by atoms with Gasteiger partial charge in [0.1, 0.15) is 19.3 Å². The normalized spacial score (nSPS) is 14.2. The lowest BCUT2D eigenvalue weighted by atomic mass is 10.1. The minimum absolute atomic E-state index is 0.0204. The van der Waals surface area contributed by atoms with Crippen molar-refractivity contribution < 1.29 is 37.3 Å². The molecule has 0 spiro atoms. The lowest BCUT2D eigenvalue weighted by Gasteiger charge is -2.28. The van der Waals surface area contributed by atoms with Crippen LogP contribution in [0.4, 0.5) is 0 Å². The second kappa shape index (κ2) is 50.1. The summed E-state index contributed by atoms with van der Waals surface area (Å²) in [4.78, 5) is 25.2. The van der Waals surface area contributed by atoms with Gasteiger partial charge in [0.05, 0.1) is 34.4 Å². The molecule has 0 aliphatic rings. The van der Waals surface area contributed by atoms with E-state index in [-0.39, 0.29) is 25.8 Å². The van der Waals surface area contributed by atoms with Crippen molar-refractivity contribution in [3.8, 4) is 0 Å². The Morgan fingerprint density at radius 2 is 0.866 bits per heavy atom. The second-order valence-corrected chi connectivity index (χ2v) is 20.6. The van der Waals surface area contributed by atoms with Crippen LogP contribution in [0.2, 0.25) is 0 Å². The van der Waals surface area contributed by atoms with Crippen molar-refractivity contribution in [2.24, 2.45) is 0 Å². The maximum Gasteiger partial charge on any atom is 0.306 e. The van der Waals surface area contributed by atoms with Crippen molar-refractivity contribution in [1.82, 2.24) is 0 Å². The third kappa shape index (κ3) is 54.5. The van der Waals surface area contributed by atoms with Crippen molar-refractivity contribution >= 4 is 13.8 Å². The fourth-order valence-electron chi connectivity index (χ4n) is 7.25. The second-order valence-electron chi connectivity index (χ2n) is 19.2. The minimum atomic E-state index is -4.54. The van der Waals surface area contributed by atoms with Crippen LogP contribution in [0.15, 0.2) is 85.1 Å². The molecule has 2 unspecified atom stereocenters. The fraction of sp³-hybridized carbons (Fsp3) is 0.741. The average Bonchev–Trinajstić information content (AvgIpc) is 3.29. The molecule has 0 saturated carbocycles. The summed E-state index contributed by atoms with van der Waals surface area (Å²) in [6, 6.07) is 0. The molecule has 0 fully saturated rings. The number of carbonyl (C=O) groups is 1. The van der Waals surface area contributed by atoms with E-state index in [0.29, 0.717) is 24.1 Å². The SMILES string of the molecule is CC/C=C\C/C=C\C/C=C\C/C=C\C/C=C\CCCCCCCCCCCC(=O)OC(COCCCCCCCCCCCC/C=C\C/C=C\CCCCC)COP(=O)([O-])OCC[N+](C)(C)C. The van der Waals surface area contributed by atoms with Crippen LogP contribution in [0.5, 0.6) is 0 Å². The largest absolute Gasteiger partial charge is 0.756 e. The molecular formula is C58H104NO7P. The number of hydrogen-bond donors (Lipinski definition) is 0. The van der Waals surface area contributed by atoms with Gasteiger partial charge >= 0.3 is 5.97 Å². The quantitative estimate of drug-likeness (QED) is 0.0197. The van der Waals surface area contributed by atoms with E-state index in [0.717, 1.165) is 77.0 Å². The molecule has 388 valence electrons. The van der Waals surface area contributed by atoms with Crippen LogP contribution in [0.3, 0.4) is 0 Å². The van der Waals surface area contributed by atoms with Crippen molar-refractivity contribution in [1.29, 1.82) is 0 Å². The first-order valence-corrected chi connectivity index (χ1v) is 28.8. The summed E-state index contributed by atoms with van der Waals surface area (Å²) in [5.41, 5.74) is 0. The van der Waals surface area contributed by atoms with Crippen molar-refractivity contribution in [3.05, 3.63) is 85.1 Å². The van der Waals surface area contributed by atoms with Crippen LogP contribution >= 0.6 is 7.82 Å². The van der Waals surface area contributed by atoms with Crippen molar-refractivity contribution in [2.45, 2.75) is 225 Å². The number of nitrogens with zero attached hydrogens (tertiary/aromatic N) is 1. The summed E-state index contributed by atoms with van der Waals surface area (Å²) in [7, 11) is 1.34. The van der Waals surface area contributed by atoms with Gasteiger partial charge in [-0.2, -0.15) is 0 Å². The third-order valence-corrected chi connectivity index (χ3v) is 12.4.